The van der Waals surface area contributed by atoms with Gasteiger partial charge in [0.15, 0.2) is 0 Å². The summed E-state index contributed by atoms with van der Waals surface area (Å²) in [5, 5.41) is 0. The third-order valence-electron chi connectivity index (χ3n) is 3.33. The zero-order chi connectivity index (χ0) is 12.1. The van der Waals surface area contributed by atoms with Crippen LogP contribution in [0.25, 0.3) is 0 Å². The summed E-state index contributed by atoms with van der Waals surface area (Å²) < 4.78 is 5.29. The lowest BCUT2D eigenvalue weighted by atomic mass is 10.1. The lowest BCUT2D eigenvalue weighted by Crippen LogP contribution is -2.29. The molecule has 0 aliphatic carbocycles. The first-order valence-corrected chi connectivity index (χ1v) is 6.25. The van der Waals surface area contributed by atoms with E-state index in [-0.39, 0.29) is 6.09 Å². The minimum Gasteiger partial charge on any atom is -0.445 e. The second kappa shape index (κ2) is 5.71. The van der Waals surface area contributed by atoms with Gasteiger partial charge in [-0.3, -0.25) is 0 Å². The molecule has 1 unspecified atom stereocenters. The number of carbonyl (C=O) groups excluding carboxylic acids is 1. The predicted octanol–water partition coefficient (Wildman–Crippen LogP) is 3.06. The number of benzene rings is 1. The molecule has 1 heterocycles. The van der Waals surface area contributed by atoms with Crippen LogP contribution in [0.15, 0.2) is 30.3 Å². The normalized spacial score (nSPS) is 19.4. The Bertz CT molecular complexity index is 364. The summed E-state index contributed by atoms with van der Waals surface area (Å²) in [6.07, 6.45) is 2.07. The first-order chi connectivity index (χ1) is 8.29. The van der Waals surface area contributed by atoms with Crippen molar-refractivity contribution in [2.45, 2.75) is 26.4 Å². The highest BCUT2D eigenvalue weighted by molar-refractivity contribution is 5.67. The van der Waals surface area contributed by atoms with E-state index in [4.69, 9.17) is 4.74 Å². The maximum Gasteiger partial charge on any atom is 0.410 e. The Kier molecular flexibility index (Phi) is 4.02. The quantitative estimate of drug-likeness (QED) is 0.803. The first kappa shape index (κ1) is 12.0. The minimum atomic E-state index is -0.176. The van der Waals surface area contributed by atoms with Gasteiger partial charge in [0.1, 0.15) is 6.61 Å². The van der Waals surface area contributed by atoms with Crippen molar-refractivity contribution in [1.82, 2.24) is 4.90 Å². The largest absolute Gasteiger partial charge is 0.445 e. The molecule has 0 radical (unpaired) electrons. The molecule has 1 aromatic rings. The van der Waals surface area contributed by atoms with Crippen molar-refractivity contribution in [2.24, 2.45) is 5.92 Å². The Morgan fingerprint density at radius 1 is 1.41 bits per heavy atom. The molecule has 0 bridgehead atoms. The molecule has 1 amide bonds. The summed E-state index contributed by atoms with van der Waals surface area (Å²) >= 11 is 0. The molecule has 1 aromatic carbocycles. The van der Waals surface area contributed by atoms with Crippen LogP contribution >= 0.6 is 0 Å². The zero-order valence-corrected chi connectivity index (χ0v) is 10.3. The molecule has 92 valence electrons. The van der Waals surface area contributed by atoms with Crippen molar-refractivity contribution in [3.63, 3.8) is 0 Å². The van der Waals surface area contributed by atoms with Crippen molar-refractivity contribution in [3.8, 4) is 0 Å². The van der Waals surface area contributed by atoms with Crippen molar-refractivity contribution in [2.75, 3.05) is 13.1 Å². The van der Waals surface area contributed by atoms with Gasteiger partial charge in [0.2, 0.25) is 0 Å². The van der Waals surface area contributed by atoms with Gasteiger partial charge < -0.3 is 9.64 Å². The zero-order valence-electron chi connectivity index (χ0n) is 10.3. The summed E-state index contributed by atoms with van der Waals surface area (Å²) in [5.74, 6) is 0.652. The smallest absolute Gasteiger partial charge is 0.410 e. The van der Waals surface area contributed by atoms with Crippen molar-refractivity contribution < 1.29 is 9.53 Å². The van der Waals surface area contributed by atoms with E-state index in [1.165, 1.54) is 0 Å². The van der Waals surface area contributed by atoms with E-state index in [1.54, 1.807) is 0 Å². The molecular formula is C14H19NO2. The van der Waals surface area contributed by atoms with Crippen LogP contribution in [-0.2, 0) is 11.3 Å². The van der Waals surface area contributed by atoms with Crippen LogP contribution in [0.3, 0.4) is 0 Å². The number of rotatable bonds is 3. The number of amides is 1. The van der Waals surface area contributed by atoms with Gasteiger partial charge in [0.05, 0.1) is 0 Å². The third kappa shape index (κ3) is 3.22. The van der Waals surface area contributed by atoms with E-state index < -0.39 is 0 Å². The van der Waals surface area contributed by atoms with Crippen LogP contribution in [0.1, 0.15) is 25.3 Å². The summed E-state index contributed by atoms with van der Waals surface area (Å²) in [7, 11) is 0. The Morgan fingerprint density at radius 3 is 2.82 bits per heavy atom. The van der Waals surface area contributed by atoms with Crippen molar-refractivity contribution >= 4 is 6.09 Å². The van der Waals surface area contributed by atoms with Gasteiger partial charge in [-0.05, 0) is 17.9 Å². The highest BCUT2D eigenvalue weighted by Gasteiger charge is 2.25. The molecule has 1 aliphatic heterocycles. The highest BCUT2D eigenvalue weighted by Crippen LogP contribution is 2.19. The molecule has 2 rings (SSSR count). The number of hydrogen-bond donors (Lipinski definition) is 0. The fourth-order valence-electron chi connectivity index (χ4n) is 2.14. The average molecular weight is 233 g/mol. The third-order valence-corrected chi connectivity index (χ3v) is 3.33. The van der Waals surface area contributed by atoms with Gasteiger partial charge in [0.25, 0.3) is 0 Å². The van der Waals surface area contributed by atoms with Gasteiger partial charge in [0, 0.05) is 13.1 Å². The number of carbonyl (C=O) groups is 1. The fraction of sp³-hybridized carbons (Fsp3) is 0.500. The summed E-state index contributed by atoms with van der Waals surface area (Å²) in [6.45, 7) is 4.23. The fourth-order valence-corrected chi connectivity index (χ4v) is 2.14. The molecule has 3 nitrogen and oxygen atoms in total. The van der Waals surface area contributed by atoms with Crippen LogP contribution < -0.4 is 0 Å². The number of likely N-dealkylation sites (tertiary alicyclic amines) is 1. The SMILES string of the molecule is CCC1CCN(C(=O)OCc2ccccc2)C1. The van der Waals surface area contributed by atoms with Crippen LogP contribution in [-0.4, -0.2) is 24.1 Å². The Morgan fingerprint density at radius 2 is 2.18 bits per heavy atom. The van der Waals surface area contributed by atoms with E-state index in [2.05, 4.69) is 6.92 Å². The molecule has 0 spiro atoms. The highest BCUT2D eigenvalue weighted by atomic mass is 16.6. The van der Waals surface area contributed by atoms with Gasteiger partial charge >= 0.3 is 6.09 Å². The van der Waals surface area contributed by atoms with Crippen LogP contribution in [0.2, 0.25) is 0 Å². The maximum absolute atomic E-state index is 11.8. The molecule has 17 heavy (non-hydrogen) atoms. The number of nitrogens with zero attached hydrogens (tertiary/aromatic N) is 1. The molecule has 1 saturated heterocycles. The number of hydrogen-bond acceptors (Lipinski definition) is 2. The first-order valence-electron chi connectivity index (χ1n) is 6.25. The molecule has 1 fully saturated rings. The lowest BCUT2D eigenvalue weighted by Gasteiger charge is -2.16. The van der Waals surface area contributed by atoms with E-state index in [9.17, 15) is 4.79 Å². The van der Waals surface area contributed by atoms with Gasteiger partial charge in [-0.2, -0.15) is 0 Å². The van der Waals surface area contributed by atoms with Crippen LogP contribution in [0, 0.1) is 5.92 Å². The van der Waals surface area contributed by atoms with Gasteiger partial charge in [-0.15, -0.1) is 0 Å². The maximum atomic E-state index is 11.8. The topological polar surface area (TPSA) is 29.5 Å². The number of ether oxygens (including phenoxy) is 1. The summed E-state index contributed by atoms with van der Waals surface area (Å²) in [5.41, 5.74) is 1.03. The van der Waals surface area contributed by atoms with Gasteiger partial charge in [-0.1, -0.05) is 43.7 Å². The Hall–Kier alpha value is -1.51. The lowest BCUT2D eigenvalue weighted by molar-refractivity contribution is 0.103. The van der Waals surface area contributed by atoms with E-state index in [0.717, 1.165) is 31.5 Å². The van der Waals surface area contributed by atoms with Crippen LogP contribution in [0.5, 0.6) is 0 Å². The molecule has 1 aliphatic rings. The molecule has 3 heteroatoms. The van der Waals surface area contributed by atoms with Crippen molar-refractivity contribution in [3.05, 3.63) is 35.9 Å². The van der Waals surface area contributed by atoms with Crippen LogP contribution in [0.4, 0.5) is 4.79 Å². The molecule has 0 aromatic heterocycles. The average Bonchev–Trinajstić information content (AvgIpc) is 2.86. The Balaban J connectivity index is 1.78. The van der Waals surface area contributed by atoms with E-state index in [0.29, 0.717) is 12.5 Å². The van der Waals surface area contributed by atoms with E-state index >= 15 is 0 Å². The predicted molar refractivity (Wildman–Crippen MR) is 66.6 cm³/mol. The molecular weight excluding hydrogens is 214 g/mol. The van der Waals surface area contributed by atoms with Crippen molar-refractivity contribution in [1.29, 1.82) is 0 Å². The molecule has 1 atom stereocenters. The molecule has 0 N–H and O–H groups in total. The summed E-state index contributed by atoms with van der Waals surface area (Å²) in [6, 6.07) is 9.79. The van der Waals surface area contributed by atoms with Gasteiger partial charge in [-0.25, -0.2) is 4.79 Å². The second-order valence-corrected chi connectivity index (χ2v) is 4.55. The summed E-state index contributed by atoms with van der Waals surface area (Å²) in [4.78, 5) is 13.6. The standard InChI is InChI=1S/C14H19NO2/c1-2-12-8-9-15(10-12)14(16)17-11-13-6-4-3-5-7-13/h3-7,12H,2,8-11H2,1H3. The monoisotopic (exact) mass is 233 g/mol. The minimum absolute atomic E-state index is 0.176. The van der Waals surface area contributed by atoms with E-state index in [1.807, 2.05) is 35.2 Å². The Labute approximate surface area is 102 Å². The molecule has 0 saturated carbocycles. The second-order valence-electron chi connectivity index (χ2n) is 4.55.